The summed E-state index contributed by atoms with van der Waals surface area (Å²) in [7, 11) is 0. The first-order valence-corrected chi connectivity index (χ1v) is 6.17. The summed E-state index contributed by atoms with van der Waals surface area (Å²) < 4.78 is 2.18. The number of pyridine rings is 1. The van der Waals surface area contributed by atoms with Gasteiger partial charge in [-0.1, -0.05) is 6.92 Å². The number of aromatic nitrogens is 3. The number of nitrogen functional groups attached to an aromatic ring is 1. The van der Waals surface area contributed by atoms with Gasteiger partial charge in [0.2, 0.25) is 0 Å². The van der Waals surface area contributed by atoms with Gasteiger partial charge < -0.3 is 5.73 Å². The SMILES string of the molecule is CCc1ccc(C)[n+](Cc2cnc(C)nc2N)c1. The first-order valence-electron chi connectivity index (χ1n) is 6.17. The summed E-state index contributed by atoms with van der Waals surface area (Å²) in [5.74, 6) is 1.27. The molecule has 4 nitrogen and oxygen atoms in total. The Hall–Kier alpha value is -1.97. The Bertz CT molecular complexity index is 564. The number of aryl methyl sites for hydroxylation is 3. The standard InChI is InChI=1S/C14H19N4/c1-4-12-6-5-10(2)18(8-12)9-13-7-16-11(3)17-14(13)15/h5-8H,4,9H2,1-3H3,(H2,15,16,17)/q+1. The van der Waals surface area contributed by atoms with Gasteiger partial charge >= 0.3 is 0 Å². The van der Waals surface area contributed by atoms with E-state index in [4.69, 9.17) is 5.73 Å². The summed E-state index contributed by atoms with van der Waals surface area (Å²) in [4.78, 5) is 8.40. The number of anilines is 1. The van der Waals surface area contributed by atoms with Gasteiger partial charge in [-0.3, -0.25) is 0 Å². The van der Waals surface area contributed by atoms with Crippen LogP contribution in [-0.4, -0.2) is 9.97 Å². The second kappa shape index (κ2) is 5.12. The van der Waals surface area contributed by atoms with Crippen LogP contribution >= 0.6 is 0 Å². The lowest BCUT2D eigenvalue weighted by atomic mass is 10.2. The van der Waals surface area contributed by atoms with Gasteiger partial charge in [-0.05, 0) is 19.4 Å². The molecule has 0 aliphatic rings. The molecule has 0 bridgehead atoms. The fourth-order valence-electron chi connectivity index (χ4n) is 1.87. The van der Waals surface area contributed by atoms with Crippen molar-refractivity contribution in [1.82, 2.24) is 9.97 Å². The van der Waals surface area contributed by atoms with Crippen LogP contribution in [0, 0.1) is 13.8 Å². The molecule has 0 radical (unpaired) electrons. The number of hydrogen-bond acceptors (Lipinski definition) is 3. The van der Waals surface area contributed by atoms with Crippen molar-refractivity contribution in [2.45, 2.75) is 33.7 Å². The molecule has 0 saturated carbocycles. The minimum atomic E-state index is 0.566. The van der Waals surface area contributed by atoms with E-state index < -0.39 is 0 Å². The summed E-state index contributed by atoms with van der Waals surface area (Å²) in [6.07, 6.45) is 5.00. The third kappa shape index (κ3) is 2.64. The van der Waals surface area contributed by atoms with E-state index in [0.29, 0.717) is 18.2 Å². The molecular weight excluding hydrogens is 224 g/mol. The van der Waals surface area contributed by atoms with Crippen molar-refractivity contribution >= 4 is 5.82 Å². The van der Waals surface area contributed by atoms with Crippen LogP contribution < -0.4 is 10.3 Å². The average molecular weight is 243 g/mol. The van der Waals surface area contributed by atoms with E-state index in [0.717, 1.165) is 12.0 Å². The van der Waals surface area contributed by atoms with Gasteiger partial charge in [0, 0.05) is 24.8 Å². The normalized spacial score (nSPS) is 10.6. The van der Waals surface area contributed by atoms with Gasteiger partial charge in [-0.25, -0.2) is 9.97 Å². The summed E-state index contributed by atoms with van der Waals surface area (Å²) >= 11 is 0. The van der Waals surface area contributed by atoms with Crippen LogP contribution in [0.4, 0.5) is 5.82 Å². The summed E-state index contributed by atoms with van der Waals surface area (Å²) in [6.45, 7) is 6.80. The van der Waals surface area contributed by atoms with Crippen LogP contribution in [0.3, 0.4) is 0 Å². The number of nitrogens with two attached hydrogens (primary N) is 1. The maximum atomic E-state index is 5.93. The first-order chi connectivity index (χ1) is 8.60. The predicted molar refractivity (Wildman–Crippen MR) is 71.0 cm³/mol. The van der Waals surface area contributed by atoms with Crippen molar-refractivity contribution < 1.29 is 4.57 Å². The molecule has 18 heavy (non-hydrogen) atoms. The molecule has 0 unspecified atom stereocenters. The monoisotopic (exact) mass is 243 g/mol. The Morgan fingerprint density at radius 2 is 2.06 bits per heavy atom. The fourth-order valence-corrected chi connectivity index (χ4v) is 1.87. The summed E-state index contributed by atoms with van der Waals surface area (Å²) in [6, 6.07) is 4.28. The van der Waals surface area contributed by atoms with Crippen LogP contribution in [0.1, 0.15) is 29.6 Å². The number of rotatable bonds is 3. The molecule has 0 aliphatic carbocycles. The Balaban J connectivity index is 2.33. The molecule has 2 N–H and O–H groups in total. The van der Waals surface area contributed by atoms with E-state index in [1.165, 1.54) is 11.3 Å². The lowest BCUT2D eigenvalue weighted by Gasteiger charge is -2.05. The lowest BCUT2D eigenvalue weighted by molar-refractivity contribution is -0.694. The average Bonchev–Trinajstić information content (AvgIpc) is 2.35. The molecule has 2 rings (SSSR count). The van der Waals surface area contributed by atoms with Crippen LogP contribution in [0.25, 0.3) is 0 Å². The van der Waals surface area contributed by atoms with Crippen LogP contribution in [0.15, 0.2) is 24.5 Å². The Morgan fingerprint density at radius 3 is 2.72 bits per heavy atom. The quantitative estimate of drug-likeness (QED) is 0.833. The van der Waals surface area contributed by atoms with Crippen molar-refractivity contribution in [3.8, 4) is 0 Å². The Morgan fingerprint density at radius 1 is 1.28 bits per heavy atom. The molecular formula is C14H19N4+. The zero-order valence-corrected chi connectivity index (χ0v) is 11.1. The Labute approximate surface area is 108 Å². The maximum absolute atomic E-state index is 5.93. The van der Waals surface area contributed by atoms with Crippen LogP contribution in [0.2, 0.25) is 0 Å². The van der Waals surface area contributed by atoms with Crippen LogP contribution in [0.5, 0.6) is 0 Å². The second-order valence-corrected chi connectivity index (χ2v) is 4.49. The molecule has 0 aliphatic heterocycles. The molecule has 2 aromatic heterocycles. The van der Waals surface area contributed by atoms with E-state index in [2.05, 4.69) is 46.7 Å². The van der Waals surface area contributed by atoms with Gasteiger partial charge in [0.15, 0.2) is 18.4 Å². The minimum absolute atomic E-state index is 0.566. The van der Waals surface area contributed by atoms with Gasteiger partial charge in [0.1, 0.15) is 11.6 Å². The maximum Gasteiger partial charge on any atom is 0.179 e. The number of hydrogen-bond donors (Lipinski definition) is 1. The van der Waals surface area contributed by atoms with E-state index in [1.54, 1.807) is 0 Å². The topological polar surface area (TPSA) is 55.7 Å². The zero-order chi connectivity index (χ0) is 13.1. The van der Waals surface area contributed by atoms with E-state index >= 15 is 0 Å². The van der Waals surface area contributed by atoms with Crippen molar-refractivity contribution in [2.75, 3.05) is 5.73 Å². The van der Waals surface area contributed by atoms with Crippen molar-refractivity contribution in [3.63, 3.8) is 0 Å². The molecule has 2 heterocycles. The molecule has 0 saturated heterocycles. The van der Waals surface area contributed by atoms with Gasteiger partial charge in [-0.2, -0.15) is 4.57 Å². The molecule has 0 atom stereocenters. The van der Waals surface area contributed by atoms with Gasteiger partial charge in [-0.15, -0.1) is 0 Å². The van der Waals surface area contributed by atoms with Crippen molar-refractivity contribution in [1.29, 1.82) is 0 Å². The highest BCUT2D eigenvalue weighted by Gasteiger charge is 2.12. The smallest absolute Gasteiger partial charge is 0.179 e. The largest absolute Gasteiger partial charge is 0.383 e. The molecule has 0 aromatic carbocycles. The lowest BCUT2D eigenvalue weighted by Crippen LogP contribution is -2.38. The molecule has 4 heteroatoms. The highest BCUT2D eigenvalue weighted by Crippen LogP contribution is 2.07. The van der Waals surface area contributed by atoms with E-state index in [-0.39, 0.29) is 0 Å². The molecule has 94 valence electrons. The fraction of sp³-hybridized carbons (Fsp3) is 0.357. The predicted octanol–water partition coefficient (Wildman–Crippen LogP) is 1.57. The number of nitrogens with zero attached hydrogens (tertiary/aromatic N) is 3. The molecule has 0 spiro atoms. The molecule has 0 fully saturated rings. The second-order valence-electron chi connectivity index (χ2n) is 4.49. The van der Waals surface area contributed by atoms with E-state index in [9.17, 15) is 0 Å². The zero-order valence-electron chi connectivity index (χ0n) is 11.1. The minimum Gasteiger partial charge on any atom is -0.383 e. The van der Waals surface area contributed by atoms with Crippen molar-refractivity contribution in [3.05, 3.63) is 47.2 Å². The Kier molecular flexibility index (Phi) is 3.55. The molecule has 2 aromatic rings. The summed E-state index contributed by atoms with van der Waals surface area (Å²) in [5, 5.41) is 0. The highest BCUT2D eigenvalue weighted by atomic mass is 15.0. The van der Waals surface area contributed by atoms with Crippen molar-refractivity contribution in [2.24, 2.45) is 0 Å². The van der Waals surface area contributed by atoms with Gasteiger partial charge in [0.25, 0.3) is 0 Å². The van der Waals surface area contributed by atoms with Crippen LogP contribution in [-0.2, 0) is 13.0 Å². The van der Waals surface area contributed by atoms with Gasteiger partial charge in [0.05, 0.1) is 5.56 Å². The molecule has 0 amide bonds. The third-order valence-electron chi connectivity index (χ3n) is 3.08. The summed E-state index contributed by atoms with van der Waals surface area (Å²) in [5.41, 5.74) is 9.40. The van der Waals surface area contributed by atoms with E-state index in [1.807, 2.05) is 13.1 Å². The highest BCUT2D eigenvalue weighted by molar-refractivity contribution is 5.36. The first kappa shape index (κ1) is 12.5. The third-order valence-corrected chi connectivity index (χ3v) is 3.08.